The molecule has 0 atom stereocenters. The number of benzene rings is 1. The average Bonchev–Trinajstić information content (AvgIpc) is 3.03. The van der Waals surface area contributed by atoms with E-state index in [2.05, 4.69) is 51.5 Å². The van der Waals surface area contributed by atoms with E-state index in [0.717, 1.165) is 64.1 Å². The van der Waals surface area contributed by atoms with E-state index in [1.807, 2.05) is 0 Å². The highest BCUT2D eigenvalue weighted by atomic mass is 16.2. The number of fused-ring (bicyclic) bond motifs is 6. The summed E-state index contributed by atoms with van der Waals surface area (Å²) < 4.78 is 0. The van der Waals surface area contributed by atoms with Gasteiger partial charge in [-0.3, -0.25) is 15.2 Å². The largest absolute Gasteiger partial charge is 0.323 e. The second kappa shape index (κ2) is 9.15. The zero-order chi connectivity index (χ0) is 21.1. The third-order valence-electron chi connectivity index (χ3n) is 7.67. The molecule has 0 radical (unpaired) electrons. The van der Waals surface area contributed by atoms with Gasteiger partial charge in [0.05, 0.1) is 6.04 Å². The second-order valence-electron chi connectivity index (χ2n) is 9.80. The molecule has 31 heavy (non-hydrogen) atoms. The van der Waals surface area contributed by atoms with Crippen LogP contribution in [0.3, 0.4) is 0 Å². The van der Waals surface area contributed by atoms with Crippen molar-refractivity contribution in [2.24, 2.45) is 4.99 Å². The summed E-state index contributed by atoms with van der Waals surface area (Å²) in [7, 11) is 0. The van der Waals surface area contributed by atoms with Crippen LogP contribution in [0.15, 0.2) is 41.4 Å². The highest BCUT2D eigenvalue weighted by Gasteiger charge is 2.52. The van der Waals surface area contributed by atoms with E-state index in [9.17, 15) is 4.79 Å². The number of urea groups is 1. The van der Waals surface area contributed by atoms with E-state index in [1.54, 1.807) is 0 Å². The van der Waals surface area contributed by atoms with Crippen LogP contribution in [0.2, 0.25) is 0 Å². The van der Waals surface area contributed by atoms with Gasteiger partial charge in [-0.05, 0) is 56.1 Å². The van der Waals surface area contributed by atoms with Crippen LogP contribution in [0.4, 0.5) is 4.79 Å². The fraction of sp³-hybridized carbons (Fsp3) is 0.615. The van der Waals surface area contributed by atoms with Crippen molar-refractivity contribution < 1.29 is 4.79 Å². The van der Waals surface area contributed by atoms with Gasteiger partial charge in [0.25, 0.3) is 0 Å². The predicted octanol–water partition coefficient (Wildman–Crippen LogP) is 4.67. The molecule has 2 saturated heterocycles. The maximum absolute atomic E-state index is 13.1. The quantitative estimate of drug-likeness (QED) is 0.671. The molecule has 6 rings (SSSR count). The molecule has 1 spiro atoms. The fourth-order valence-corrected chi connectivity index (χ4v) is 5.87. The van der Waals surface area contributed by atoms with Crippen LogP contribution >= 0.6 is 0 Å². The molecule has 1 N–H and O–H groups in total. The fourth-order valence-electron chi connectivity index (χ4n) is 5.87. The SMILES string of the molecule is O=C1NC(=NC2CCCCC2)C23CCN(CC2)Cc2cccc(c2)C/C=C/CCCN13. The van der Waals surface area contributed by atoms with Gasteiger partial charge in [0, 0.05) is 26.2 Å². The zero-order valence-electron chi connectivity index (χ0n) is 18.7. The summed E-state index contributed by atoms with van der Waals surface area (Å²) in [5, 5.41) is 3.23. The Balaban J connectivity index is 1.42. The van der Waals surface area contributed by atoms with Crippen LogP contribution in [0.1, 0.15) is 68.9 Å². The lowest BCUT2D eigenvalue weighted by atomic mass is 9.84. The molecule has 1 aromatic carbocycles. The van der Waals surface area contributed by atoms with Crippen molar-refractivity contribution in [3.05, 3.63) is 47.5 Å². The molecule has 4 heterocycles. The Morgan fingerprint density at radius 2 is 1.77 bits per heavy atom. The number of nitrogens with one attached hydrogen (secondary N) is 1. The van der Waals surface area contributed by atoms with E-state index in [0.29, 0.717) is 6.04 Å². The monoisotopic (exact) mass is 420 g/mol. The Morgan fingerprint density at radius 1 is 0.968 bits per heavy atom. The van der Waals surface area contributed by atoms with Crippen LogP contribution in [0.25, 0.3) is 0 Å². The number of piperidine rings is 1. The van der Waals surface area contributed by atoms with Gasteiger partial charge in [0.1, 0.15) is 11.4 Å². The summed E-state index contributed by atoms with van der Waals surface area (Å²) in [4.78, 5) is 22.9. The number of allylic oxidation sites excluding steroid dienone is 2. The molecule has 0 unspecified atom stereocenters. The lowest BCUT2D eigenvalue weighted by Crippen LogP contribution is -2.56. The number of carbonyl (C=O) groups excluding carboxylic acids is 1. The van der Waals surface area contributed by atoms with Gasteiger partial charge in [-0.25, -0.2) is 4.79 Å². The lowest BCUT2D eigenvalue weighted by molar-refractivity contribution is 0.0989. The first-order valence-electron chi connectivity index (χ1n) is 12.3. The van der Waals surface area contributed by atoms with Crippen LogP contribution in [0.5, 0.6) is 0 Å². The van der Waals surface area contributed by atoms with Gasteiger partial charge in [-0.15, -0.1) is 0 Å². The first-order chi connectivity index (χ1) is 15.2. The van der Waals surface area contributed by atoms with Gasteiger partial charge in [-0.2, -0.15) is 0 Å². The number of amides is 2. The smallest absolute Gasteiger partial charge is 0.312 e. The minimum absolute atomic E-state index is 0.0722. The van der Waals surface area contributed by atoms with Gasteiger partial charge in [0.2, 0.25) is 0 Å². The first kappa shape index (κ1) is 20.7. The standard InChI is InChI=1S/C26H36N4O/c31-25-28-24(27-23-12-5-3-6-13-23)26-14-17-29(18-15-26)20-22-11-8-10-21(19-22)9-4-1-2-7-16-30(25)26/h1,4,8,10-11,19,23H,2-3,5-7,9,12-18,20H2,(H,27,28,31)/b4-1+. The summed E-state index contributed by atoms with van der Waals surface area (Å²) in [6.45, 7) is 3.83. The molecule has 2 amide bonds. The number of amidine groups is 1. The van der Waals surface area contributed by atoms with Crippen molar-refractivity contribution >= 4 is 11.9 Å². The number of nitrogens with zero attached hydrogens (tertiary/aromatic N) is 3. The molecule has 0 aromatic heterocycles. The molecule has 5 aliphatic rings. The van der Waals surface area contributed by atoms with Gasteiger partial charge in [0.15, 0.2) is 0 Å². The highest BCUT2D eigenvalue weighted by Crippen LogP contribution is 2.36. The van der Waals surface area contributed by atoms with Crippen molar-refractivity contribution in [2.75, 3.05) is 19.6 Å². The van der Waals surface area contributed by atoms with Gasteiger partial charge >= 0.3 is 6.03 Å². The average molecular weight is 421 g/mol. The minimum atomic E-state index is -0.225. The highest BCUT2D eigenvalue weighted by molar-refractivity contribution is 6.10. The summed E-state index contributed by atoms with van der Waals surface area (Å²) in [5.41, 5.74) is 2.56. The van der Waals surface area contributed by atoms with E-state index < -0.39 is 0 Å². The van der Waals surface area contributed by atoms with E-state index in [4.69, 9.17) is 4.99 Å². The van der Waals surface area contributed by atoms with E-state index >= 15 is 0 Å². The lowest BCUT2D eigenvalue weighted by Gasteiger charge is -2.44. The number of carbonyl (C=O) groups is 1. The van der Waals surface area contributed by atoms with Crippen molar-refractivity contribution in [3.63, 3.8) is 0 Å². The molecule has 4 bridgehead atoms. The molecule has 4 aliphatic heterocycles. The Morgan fingerprint density at radius 3 is 2.61 bits per heavy atom. The number of hydrogen-bond donors (Lipinski definition) is 1. The maximum Gasteiger partial charge on any atom is 0.323 e. The predicted molar refractivity (Wildman–Crippen MR) is 125 cm³/mol. The summed E-state index contributed by atoms with van der Waals surface area (Å²) >= 11 is 0. The maximum atomic E-state index is 13.1. The van der Waals surface area contributed by atoms with Crippen LogP contribution in [-0.2, 0) is 13.0 Å². The van der Waals surface area contributed by atoms with E-state index in [-0.39, 0.29) is 11.6 Å². The molecule has 5 heteroatoms. The molecule has 3 fully saturated rings. The first-order valence-corrected chi connectivity index (χ1v) is 12.3. The van der Waals surface area contributed by atoms with Gasteiger partial charge < -0.3 is 4.90 Å². The second-order valence-corrected chi connectivity index (χ2v) is 9.80. The molecular formula is C26H36N4O. The Bertz CT molecular complexity index is 847. The number of hydrogen-bond acceptors (Lipinski definition) is 3. The van der Waals surface area contributed by atoms with E-state index in [1.165, 1.54) is 43.2 Å². The Hall–Kier alpha value is -2.14. The topological polar surface area (TPSA) is 47.9 Å². The minimum Gasteiger partial charge on any atom is -0.312 e. The third-order valence-corrected chi connectivity index (χ3v) is 7.67. The molecule has 1 aromatic rings. The van der Waals surface area contributed by atoms with Crippen molar-refractivity contribution in [1.82, 2.24) is 15.1 Å². The molecular weight excluding hydrogens is 384 g/mol. The van der Waals surface area contributed by atoms with Crippen molar-refractivity contribution in [2.45, 2.75) is 82.3 Å². The summed E-state index contributed by atoms with van der Waals surface area (Å²) in [6.07, 6.45) is 15.7. The van der Waals surface area contributed by atoms with Crippen LogP contribution in [0, 0.1) is 0 Å². The summed E-state index contributed by atoms with van der Waals surface area (Å²) in [6, 6.07) is 9.49. The number of rotatable bonds is 1. The van der Waals surface area contributed by atoms with Crippen LogP contribution in [-0.4, -0.2) is 52.9 Å². The molecule has 1 aliphatic carbocycles. The molecule has 5 nitrogen and oxygen atoms in total. The third kappa shape index (κ3) is 4.43. The Labute approximate surface area is 186 Å². The zero-order valence-corrected chi connectivity index (χ0v) is 18.7. The summed E-state index contributed by atoms with van der Waals surface area (Å²) in [5.74, 6) is 0.978. The number of aliphatic imine (C=N–C) groups is 1. The van der Waals surface area contributed by atoms with Crippen molar-refractivity contribution in [1.29, 1.82) is 0 Å². The normalized spacial score (nSPS) is 32.3. The van der Waals surface area contributed by atoms with Crippen molar-refractivity contribution in [3.8, 4) is 0 Å². The Kier molecular flexibility index (Phi) is 6.13. The van der Waals surface area contributed by atoms with Crippen LogP contribution < -0.4 is 5.32 Å². The molecule has 1 saturated carbocycles. The molecule has 166 valence electrons. The van der Waals surface area contributed by atoms with Gasteiger partial charge in [-0.1, -0.05) is 55.7 Å².